The first-order valence-electron chi connectivity index (χ1n) is 5.81. The first-order valence-corrected chi connectivity index (χ1v) is 5.81. The standard InChI is InChI=1S/C14H16FN/c1-11-4-5-13(15)8-12(11)9-14(10-16)6-2-3-7-14/h4-5,8H,2-3,6-7,9H2,1H3. The zero-order valence-corrected chi connectivity index (χ0v) is 9.59. The highest BCUT2D eigenvalue weighted by molar-refractivity contribution is 5.29. The Balaban J connectivity index is 2.26. The maximum Gasteiger partial charge on any atom is 0.123 e. The second-order valence-corrected chi connectivity index (χ2v) is 4.85. The average Bonchev–Trinajstić information content (AvgIpc) is 2.73. The number of halogens is 1. The summed E-state index contributed by atoms with van der Waals surface area (Å²) in [6, 6.07) is 7.30. The van der Waals surface area contributed by atoms with E-state index in [1.807, 2.05) is 6.92 Å². The Morgan fingerprint density at radius 2 is 2.06 bits per heavy atom. The molecule has 1 fully saturated rings. The van der Waals surface area contributed by atoms with Gasteiger partial charge in [0.2, 0.25) is 0 Å². The molecule has 1 nitrogen and oxygen atoms in total. The molecule has 2 heteroatoms. The van der Waals surface area contributed by atoms with Crippen LogP contribution in [0.15, 0.2) is 18.2 Å². The molecular formula is C14H16FN. The molecule has 0 unspecified atom stereocenters. The second kappa shape index (κ2) is 4.25. The molecule has 2 rings (SSSR count). The van der Waals surface area contributed by atoms with Crippen molar-refractivity contribution in [3.05, 3.63) is 35.1 Å². The van der Waals surface area contributed by atoms with Gasteiger partial charge in [-0.1, -0.05) is 18.9 Å². The number of aryl methyl sites for hydroxylation is 1. The van der Waals surface area contributed by atoms with Crippen molar-refractivity contribution in [2.45, 2.75) is 39.0 Å². The number of hydrogen-bond acceptors (Lipinski definition) is 1. The second-order valence-electron chi connectivity index (χ2n) is 4.85. The van der Waals surface area contributed by atoms with Crippen LogP contribution in [0.3, 0.4) is 0 Å². The molecule has 1 aromatic rings. The molecule has 0 spiro atoms. The third-order valence-electron chi connectivity index (χ3n) is 3.64. The van der Waals surface area contributed by atoms with Crippen molar-refractivity contribution in [1.82, 2.24) is 0 Å². The highest BCUT2D eigenvalue weighted by Crippen LogP contribution is 2.40. The summed E-state index contributed by atoms with van der Waals surface area (Å²) in [5.41, 5.74) is 1.84. The maximum atomic E-state index is 13.2. The number of nitrogens with zero attached hydrogens (tertiary/aromatic N) is 1. The van der Waals surface area contributed by atoms with E-state index in [2.05, 4.69) is 6.07 Å². The van der Waals surface area contributed by atoms with Crippen LogP contribution in [0, 0.1) is 29.5 Å². The van der Waals surface area contributed by atoms with Crippen LogP contribution in [0.2, 0.25) is 0 Å². The molecule has 1 aliphatic rings. The minimum absolute atomic E-state index is 0.202. The number of hydrogen-bond donors (Lipinski definition) is 0. The van der Waals surface area contributed by atoms with Crippen LogP contribution in [-0.2, 0) is 6.42 Å². The molecule has 0 bridgehead atoms. The van der Waals surface area contributed by atoms with Crippen LogP contribution in [0.25, 0.3) is 0 Å². The van der Waals surface area contributed by atoms with Gasteiger partial charge in [0.15, 0.2) is 0 Å². The van der Waals surface area contributed by atoms with E-state index in [1.165, 1.54) is 6.07 Å². The van der Waals surface area contributed by atoms with Crippen LogP contribution in [-0.4, -0.2) is 0 Å². The van der Waals surface area contributed by atoms with Crippen LogP contribution in [0.1, 0.15) is 36.8 Å². The van der Waals surface area contributed by atoms with Crippen molar-refractivity contribution < 1.29 is 4.39 Å². The Kier molecular flexibility index (Phi) is 2.96. The van der Waals surface area contributed by atoms with E-state index in [-0.39, 0.29) is 11.2 Å². The Bertz CT molecular complexity index is 425. The minimum atomic E-state index is -0.238. The van der Waals surface area contributed by atoms with E-state index in [0.717, 1.165) is 36.8 Å². The van der Waals surface area contributed by atoms with E-state index >= 15 is 0 Å². The van der Waals surface area contributed by atoms with Gasteiger partial charge in [-0.3, -0.25) is 0 Å². The fraction of sp³-hybridized carbons (Fsp3) is 0.500. The first-order chi connectivity index (χ1) is 7.65. The highest BCUT2D eigenvalue weighted by atomic mass is 19.1. The lowest BCUT2D eigenvalue weighted by Gasteiger charge is -2.21. The van der Waals surface area contributed by atoms with Crippen molar-refractivity contribution in [3.63, 3.8) is 0 Å². The van der Waals surface area contributed by atoms with E-state index in [4.69, 9.17) is 0 Å². The van der Waals surface area contributed by atoms with E-state index in [1.54, 1.807) is 12.1 Å². The van der Waals surface area contributed by atoms with Crippen molar-refractivity contribution in [3.8, 4) is 6.07 Å². The summed E-state index contributed by atoms with van der Waals surface area (Å²) < 4.78 is 13.2. The fourth-order valence-electron chi connectivity index (χ4n) is 2.57. The van der Waals surface area contributed by atoms with E-state index in [0.29, 0.717) is 6.42 Å². The zero-order chi connectivity index (χ0) is 11.6. The minimum Gasteiger partial charge on any atom is -0.207 e. The molecule has 0 radical (unpaired) electrons. The Morgan fingerprint density at radius 1 is 1.38 bits per heavy atom. The highest BCUT2D eigenvalue weighted by Gasteiger charge is 2.34. The van der Waals surface area contributed by atoms with Gasteiger partial charge in [0, 0.05) is 0 Å². The summed E-state index contributed by atoms with van der Waals surface area (Å²) in [5, 5.41) is 9.29. The number of nitriles is 1. The molecule has 16 heavy (non-hydrogen) atoms. The number of rotatable bonds is 2. The maximum absolute atomic E-state index is 13.2. The molecule has 0 amide bonds. The molecule has 0 N–H and O–H groups in total. The molecule has 0 atom stereocenters. The van der Waals surface area contributed by atoms with Crippen LogP contribution < -0.4 is 0 Å². The zero-order valence-electron chi connectivity index (χ0n) is 9.59. The predicted molar refractivity (Wildman–Crippen MR) is 61.4 cm³/mol. The van der Waals surface area contributed by atoms with Crippen LogP contribution in [0.5, 0.6) is 0 Å². The first kappa shape index (κ1) is 11.1. The molecular weight excluding hydrogens is 201 g/mol. The number of benzene rings is 1. The fourth-order valence-corrected chi connectivity index (χ4v) is 2.57. The van der Waals surface area contributed by atoms with E-state index in [9.17, 15) is 9.65 Å². The van der Waals surface area contributed by atoms with Gasteiger partial charge in [-0.2, -0.15) is 5.26 Å². The van der Waals surface area contributed by atoms with Gasteiger partial charge >= 0.3 is 0 Å². The van der Waals surface area contributed by atoms with Crippen LogP contribution >= 0.6 is 0 Å². The molecule has 0 saturated heterocycles. The summed E-state index contributed by atoms with van der Waals surface area (Å²) in [7, 11) is 0. The van der Waals surface area contributed by atoms with Gasteiger partial charge < -0.3 is 0 Å². The van der Waals surface area contributed by atoms with Crippen molar-refractivity contribution in [2.75, 3.05) is 0 Å². The lowest BCUT2D eigenvalue weighted by atomic mass is 9.80. The molecule has 0 heterocycles. The van der Waals surface area contributed by atoms with Gasteiger partial charge in [0.05, 0.1) is 11.5 Å². The monoisotopic (exact) mass is 217 g/mol. The SMILES string of the molecule is Cc1ccc(F)cc1CC1(C#N)CCCC1. The summed E-state index contributed by atoms with van der Waals surface area (Å²) >= 11 is 0. The Morgan fingerprint density at radius 3 is 2.69 bits per heavy atom. The molecule has 1 aliphatic carbocycles. The van der Waals surface area contributed by atoms with Gasteiger partial charge in [0.25, 0.3) is 0 Å². The summed E-state index contributed by atoms with van der Waals surface area (Å²) in [6.07, 6.45) is 4.87. The van der Waals surface area contributed by atoms with Gasteiger partial charge in [-0.05, 0) is 49.4 Å². The molecule has 1 aromatic carbocycles. The lowest BCUT2D eigenvalue weighted by Crippen LogP contribution is -2.17. The lowest BCUT2D eigenvalue weighted by molar-refractivity contribution is 0.406. The molecule has 0 aliphatic heterocycles. The topological polar surface area (TPSA) is 23.8 Å². The third-order valence-corrected chi connectivity index (χ3v) is 3.64. The van der Waals surface area contributed by atoms with Gasteiger partial charge in [-0.15, -0.1) is 0 Å². The summed E-state index contributed by atoms with van der Waals surface area (Å²) in [5.74, 6) is -0.202. The van der Waals surface area contributed by atoms with Crippen molar-refractivity contribution in [1.29, 1.82) is 5.26 Å². The summed E-state index contributed by atoms with van der Waals surface area (Å²) in [6.45, 7) is 1.98. The molecule has 0 aromatic heterocycles. The van der Waals surface area contributed by atoms with Crippen molar-refractivity contribution >= 4 is 0 Å². The van der Waals surface area contributed by atoms with Gasteiger partial charge in [-0.25, -0.2) is 4.39 Å². The Hall–Kier alpha value is -1.36. The predicted octanol–water partition coefficient (Wildman–Crippen LogP) is 3.76. The Labute approximate surface area is 95.9 Å². The largest absolute Gasteiger partial charge is 0.207 e. The normalized spacial score (nSPS) is 18.3. The summed E-state index contributed by atoms with van der Waals surface area (Å²) in [4.78, 5) is 0. The third kappa shape index (κ3) is 2.09. The van der Waals surface area contributed by atoms with E-state index < -0.39 is 0 Å². The van der Waals surface area contributed by atoms with Gasteiger partial charge in [0.1, 0.15) is 5.82 Å². The van der Waals surface area contributed by atoms with Crippen LogP contribution in [0.4, 0.5) is 4.39 Å². The van der Waals surface area contributed by atoms with Crippen molar-refractivity contribution in [2.24, 2.45) is 5.41 Å². The average molecular weight is 217 g/mol. The quantitative estimate of drug-likeness (QED) is 0.740. The molecule has 84 valence electrons. The smallest absolute Gasteiger partial charge is 0.123 e. The molecule has 1 saturated carbocycles.